The second-order valence-electron chi connectivity index (χ2n) is 6.61. The number of nitrogens with one attached hydrogen (secondary N) is 1. The fourth-order valence-corrected chi connectivity index (χ4v) is 3.16. The quantitative estimate of drug-likeness (QED) is 0.592. The lowest BCUT2D eigenvalue weighted by Crippen LogP contribution is -2.32. The first-order chi connectivity index (χ1) is 14.7. The number of carbonyl (C=O) groups is 1. The van der Waals surface area contributed by atoms with Crippen LogP contribution >= 0.6 is 11.6 Å². The molecule has 0 spiro atoms. The maximum Gasteiger partial charge on any atom is 0.416 e. The van der Waals surface area contributed by atoms with Crippen LogP contribution in [0.1, 0.15) is 21.5 Å². The van der Waals surface area contributed by atoms with Gasteiger partial charge >= 0.3 is 12.1 Å². The Morgan fingerprint density at radius 1 is 1.06 bits per heavy atom. The molecule has 0 saturated carbocycles. The van der Waals surface area contributed by atoms with Crippen LogP contribution in [0.2, 0.25) is 5.02 Å². The molecular formula is C23H18ClF3N2O2. The Morgan fingerprint density at radius 3 is 2.39 bits per heavy atom. The van der Waals surface area contributed by atoms with E-state index >= 15 is 0 Å². The SMILES string of the molecule is COC(=O)c1ccc(C=c2ccccc2=C(N)Nc2cc(Cl)cc(C(F)(F)F)c2)cc1. The highest BCUT2D eigenvalue weighted by Crippen LogP contribution is 2.33. The number of hydrogen-bond acceptors (Lipinski definition) is 4. The highest BCUT2D eigenvalue weighted by molar-refractivity contribution is 6.31. The standard InChI is InChI=1S/C23H18ClF3N2O2/c1-31-22(30)15-8-6-14(7-9-15)10-16-4-2-3-5-20(16)21(28)29-19-12-17(23(25,26)27)11-18(24)13-19/h2-13,29H,28H2,1H3. The molecule has 8 heteroatoms. The Hall–Kier alpha value is -3.45. The molecule has 0 heterocycles. The van der Waals surface area contributed by atoms with Gasteiger partial charge in [0.25, 0.3) is 0 Å². The van der Waals surface area contributed by atoms with E-state index in [-0.39, 0.29) is 16.5 Å². The van der Waals surface area contributed by atoms with Crippen LogP contribution < -0.4 is 21.5 Å². The summed E-state index contributed by atoms with van der Waals surface area (Å²) in [6, 6.07) is 17.1. The van der Waals surface area contributed by atoms with Gasteiger partial charge in [-0.05, 0) is 47.2 Å². The van der Waals surface area contributed by atoms with Gasteiger partial charge in [-0.2, -0.15) is 13.2 Å². The van der Waals surface area contributed by atoms with Crippen molar-refractivity contribution in [2.45, 2.75) is 6.18 Å². The van der Waals surface area contributed by atoms with Crippen LogP contribution in [0.5, 0.6) is 0 Å². The highest BCUT2D eigenvalue weighted by atomic mass is 35.5. The Kier molecular flexibility index (Phi) is 6.56. The van der Waals surface area contributed by atoms with Crippen molar-refractivity contribution in [2.24, 2.45) is 5.73 Å². The van der Waals surface area contributed by atoms with E-state index in [1.54, 1.807) is 36.4 Å². The molecular weight excluding hydrogens is 429 g/mol. The van der Waals surface area contributed by atoms with Crippen molar-refractivity contribution in [2.75, 3.05) is 12.4 Å². The first-order valence-electron chi connectivity index (χ1n) is 9.07. The number of ether oxygens (including phenoxy) is 1. The average Bonchev–Trinajstić information content (AvgIpc) is 2.73. The van der Waals surface area contributed by atoms with Gasteiger partial charge in [0.15, 0.2) is 0 Å². The first kappa shape index (κ1) is 22.2. The maximum atomic E-state index is 13.1. The van der Waals surface area contributed by atoms with Gasteiger partial charge in [0.1, 0.15) is 5.82 Å². The molecule has 0 aliphatic carbocycles. The van der Waals surface area contributed by atoms with Gasteiger partial charge < -0.3 is 15.8 Å². The summed E-state index contributed by atoms with van der Waals surface area (Å²) in [6.07, 6.45) is -2.69. The zero-order valence-electron chi connectivity index (χ0n) is 16.3. The molecule has 0 radical (unpaired) electrons. The minimum Gasteiger partial charge on any atom is -0.465 e. The molecule has 0 aliphatic rings. The Balaban J connectivity index is 2.02. The van der Waals surface area contributed by atoms with Gasteiger partial charge in [-0.1, -0.05) is 48.0 Å². The molecule has 31 heavy (non-hydrogen) atoms. The third kappa shape index (κ3) is 5.58. The largest absolute Gasteiger partial charge is 0.465 e. The van der Waals surface area contributed by atoms with Crippen molar-refractivity contribution in [1.29, 1.82) is 0 Å². The number of esters is 1. The molecule has 0 bridgehead atoms. The van der Waals surface area contributed by atoms with Crippen LogP contribution in [0.4, 0.5) is 18.9 Å². The Labute approximate surface area is 181 Å². The summed E-state index contributed by atoms with van der Waals surface area (Å²) in [4.78, 5) is 11.6. The molecule has 3 aromatic rings. The summed E-state index contributed by atoms with van der Waals surface area (Å²) in [5, 5.41) is 4.06. The lowest BCUT2D eigenvalue weighted by molar-refractivity contribution is -0.137. The van der Waals surface area contributed by atoms with Crippen molar-refractivity contribution in [3.05, 3.63) is 98.9 Å². The Bertz CT molecular complexity index is 1220. The zero-order chi connectivity index (χ0) is 22.6. The number of rotatable bonds is 4. The van der Waals surface area contributed by atoms with Crippen molar-refractivity contribution in [1.82, 2.24) is 0 Å². The first-order valence-corrected chi connectivity index (χ1v) is 9.45. The molecule has 0 amide bonds. The number of methoxy groups -OCH3 is 1. The normalized spacial score (nSPS) is 13.0. The van der Waals surface area contributed by atoms with Crippen LogP contribution in [0.15, 0.2) is 66.7 Å². The summed E-state index contributed by atoms with van der Waals surface area (Å²) in [5.74, 6) is -0.276. The van der Waals surface area contributed by atoms with Crippen LogP contribution in [-0.2, 0) is 10.9 Å². The monoisotopic (exact) mass is 446 g/mol. The van der Waals surface area contributed by atoms with Gasteiger partial charge in [0, 0.05) is 15.9 Å². The Morgan fingerprint density at radius 2 is 1.74 bits per heavy atom. The number of carbonyl (C=O) groups excluding carboxylic acids is 1. The number of alkyl halides is 3. The number of anilines is 1. The predicted octanol–water partition coefficient (Wildman–Crippen LogP) is 4.11. The molecule has 160 valence electrons. The topological polar surface area (TPSA) is 64.3 Å². The van der Waals surface area contributed by atoms with Crippen LogP contribution in [-0.4, -0.2) is 13.1 Å². The third-order valence-corrected chi connectivity index (χ3v) is 4.63. The molecule has 0 unspecified atom stereocenters. The molecule has 3 rings (SSSR count). The minimum absolute atomic E-state index is 0.0596. The number of hydrogen-bond donors (Lipinski definition) is 2. The van der Waals surface area contributed by atoms with Gasteiger partial charge in [0.2, 0.25) is 0 Å². The van der Waals surface area contributed by atoms with Crippen molar-refractivity contribution in [3.8, 4) is 0 Å². The second kappa shape index (κ2) is 9.14. The predicted molar refractivity (Wildman–Crippen MR) is 115 cm³/mol. The van der Waals surface area contributed by atoms with E-state index in [2.05, 4.69) is 10.1 Å². The van der Waals surface area contributed by atoms with Crippen molar-refractivity contribution in [3.63, 3.8) is 0 Å². The number of halogens is 4. The molecule has 0 fully saturated rings. The highest BCUT2D eigenvalue weighted by Gasteiger charge is 2.31. The summed E-state index contributed by atoms with van der Waals surface area (Å²) < 4.78 is 43.9. The average molecular weight is 447 g/mol. The van der Waals surface area contributed by atoms with Crippen molar-refractivity contribution < 1.29 is 22.7 Å². The van der Waals surface area contributed by atoms with Gasteiger partial charge in [-0.25, -0.2) is 4.79 Å². The minimum atomic E-state index is -4.53. The zero-order valence-corrected chi connectivity index (χ0v) is 17.1. The van der Waals surface area contributed by atoms with Gasteiger partial charge in [-0.15, -0.1) is 0 Å². The second-order valence-corrected chi connectivity index (χ2v) is 7.05. The van der Waals surface area contributed by atoms with E-state index in [1.807, 2.05) is 18.2 Å². The van der Waals surface area contributed by atoms with E-state index in [9.17, 15) is 18.0 Å². The van der Waals surface area contributed by atoms with Crippen LogP contribution in [0.25, 0.3) is 11.9 Å². The van der Waals surface area contributed by atoms with E-state index in [0.29, 0.717) is 10.8 Å². The molecule has 3 N–H and O–H groups in total. The van der Waals surface area contributed by atoms with Gasteiger partial charge in [0.05, 0.1) is 18.2 Å². The molecule has 0 aliphatic heterocycles. The lowest BCUT2D eigenvalue weighted by atomic mass is 10.1. The van der Waals surface area contributed by atoms with E-state index in [1.165, 1.54) is 13.2 Å². The van der Waals surface area contributed by atoms with Crippen LogP contribution in [0, 0.1) is 0 Å². The lowest BCUT2D eigenvalue weighted by Gasteiger charge is -2.12. The fraction of sp³-hybridized carbons (Fsp3) is 0.0870. The van der Waals surface area contributed by atoms with E-state index < -0.39 is 17.7 Å². The van der Waals surface area contributed by atoms with E-state index in [0.717, 1.165) is 22.9 Å². The molecule has 3 aromatic carbocycles. The van der Waals surface area contributed by atoms with Crippen LogP contribution in [0.3, 0.4) is 0 Å². The van der Waals surface area contributed by atoms with E-state index in [4.69, 9.17) is 17.3 Å². The maximum absolute atomic E-state index is 13.1. The number of benzene rings is 3. The molecule has 4 nitrogen and oxygen atoms in total. The summed E-state index contributed by atoms with van der Waals surface area (Å²) in [5.41, 5.74) is 6.64. The fourth-order valence-electron chi connectivity index (χ4n) is 2.93. The van der Waals surface area contributed by atoms with Crippen molar-refractivity contribution >= 4 is 35.2 Å². The summed E-state index contributed by atoms with van der Waals surface area (Å²) >= 11 is 5.84. The number of nitrogens with two attached hydrogens (primary N) is 1. The molecule has 0 atom stereocenters. The van der Waals surface area contributed by atoms with Gasteiger partial charge in [-0.3, -0.25) is 0 Å². The molecule has 0 aromatic heterocycles. The molecule has 0 saturated heterocycles. The smallest absolute Gasteiger partial charge is 0.416 e. The third-order valence-electron chi connectivity index (χ3n) is 4.41. The summed E-state index contributed by atoms with van der Waals surface area (Å²) in [7, 11) is 1.31. The summed E-state index contributed by atoms with van der Waals surface area (Å²) in [6.45, 7) is 0.